The van der Waals surface area contributed by atoms with Gasteiger partial charge in [0.1, 0.15) is 11.6 Å². The molecule has 5 heteroatoms. The number of aryl methyl sites for hydroxylation is 1. The lowest BCUT2D eigenvalue weighted by Gasteiger charge is -2.28. The molecule has 1 atom stereocenters. The van der Waals surface area contributed by atoms with E-state index in [1.165, 1.54) is 4.70 Å². The summed E-state index contributed by atoms with van der Waals surface area (Å²) in [6.45, 7) is 10.8. The molecule has 0 saturated heterocycles. The molecule has 23 heavy (non-hydrogen) atoms. The lowest BCUT2D eigenvalue weighted by atomic mass is 9.88. The smallest absolute Gasteiger partial charge is 0.130 e. The van der Waals surface area contributed by atoms with Crippen molar-refractivity contribution in [3.8, 4) is 11.3 Å². The molecule has 0 amide bonds. The topological polar surface area (TPSA) is 50.7 Å². The Hall–Kier alpha value is -2.01. The van der Waals surface area contributed by atoms with E-state index < -0.39 is 0 Å². The van der Waals surface area contributed by atoms with Crippen LogP contribution in [0.3, 0.4) is 0 Å². The van der Waals surface area contributed by atoms with E-state index in [1.54, 1.807) is 11.3 Å². The average molecular weight is 326 g/mol. The van der Waals surface area contributed by atoms with Gasteiger partial charge in [-0.3, -0.25) is 0 Å². The first-order valence-corrected chi connectivity index (χ1v) is 8.67. The second kappa shape index (κ2) is 5.89. The number of fused-ring (bicyclic) bond motifs is 1. The van der Waals surface area contributed by atoms with Crippen LogP contribution in [-0.2, 0) is 0 Å². The highest BCUT2D eigenvalue weighted by Gasteiger charge is 2.20. The van der Waals surface area contributed by atoms with Crippen molar-refractivity contribution in [1.29, 1.82) is 0 Å². The highest BCUT2D eigenvalue weighted by molar-refractivity contribution is 7.16. The van der Waals surface area contributed by atoms with E-state index in [0.717, 1.165) is 28.4 Å². The maximum Gasteiger partial charge on any atom is 0.130 e. The molecule has 0 radical (unpaired) electrons. The number of hydrogen-bond donors (Lipinski definition) is 1. The van der Waals surface area contributed by atoms with Crippen molar-refractivity contribution in [3.05, 3.63) is 35.6 Å². The number of anilines is 1. The number of nitrogens with zero attached hydrogens (tertiary/aromatic N) is 3. The van der Waals surface area contributed by atoms with E-state index in [9.17, 15) is 0 Å². The molecule has 0 saturated carbocycles. The summed E-state index contributed by atoms with van der Waals surface area (Å²) in [5, 5.41) is 3.50. The van der Waals surface area contributed by atoms with E-state index in [0.29, 0.717) is 6.04 Å². The number of benzene rings is 1. The van der Waals surface area contributed by atoms with Crippen LogP contribution in [0, 0.1) is 12.3 Å². The van der Waals surface area contributed by atoms with Crippen LogP contribution < -0.4 is 5.32 Å². The Labute approximate surface area is 141 Å². The average Bonchev–Trinajstić information content (AvgIpc) is 2.92. The summed E-state index contributed by atoms with van der Waals surface area (Å²) in [7, 11) is 0. The van der Waals surface area contributed by atoms with Crippen LogP contribution in [0.4, 0.5) is 5.82 Å². The first kappa shape index (κ1) is 15.9. The second-order valence-corrected chi connectivity index (χ2v) is 7.84. The summed E-state index contributed by atoms with van der Waals surface area (Å²) < 4.78 is 1.18. The van der Waals surface area contributed by atoms with E-state index >= 15 is 0 Å². The highest BCUT2D eigenvalue weighted by atomic mass is 32.1. The van der Waals surface area contributed by atoms with Crippen LogP contribution in [-0.4, -0.2) is 21.0 Å². The summed E-state index contributed by atoms with van der Waals surface area (Å²) in [5.74, 6) is 1.65. The lowest BCUT2D eigenvalue weighted by molar-refractivity contribution is 0.358. The number of thiazole rings is 1. The van der Waals surface area contributed by atoms with Crippen molar-refractivity contribution < 1.29 is 0 Å². The molecule has 0 aliphatic carbocycles. The predicted molar refractivity (Wildman–Crippen MR) is 97.9 cm³/mol. The van der Waals surface area contributed by atoms with Crippen LogP contribution >= 0.6 is 11.3 Å². The summed E-state index contributed by atoms with van der Waals surface area (Å²) in [5.41, 5.74) is 5.11. The van der Waals surface area contributed by atoms with E-state index in [4.69, 9.17) is 0 Å². The minimum Gasteiger partial charge on any atom is -0.367 e. The van der Waals surface area contributed by atoms with Crippen LogP contribution in [0.5, 0.6) is 0 Å². The van der Waals surface area contributed by atoms with Gasteiger partial charge in [0.2, 0.25) is 0 Å². The van der Waals surface area contributed by atoms with Crippen LogP contribution in [0.2, 0.25) is 0 Å². The summed E-state index contributed by atoms with van der Waals surface area (Å²) in [6, 6.07) is 8.60. The van der Waals surface area contributed by atoms with Crippen LogP contribution in [0.1, 0.15) is 33.5 Å². The number of aromatic nitrogens is 3. The molecular weight excluding hydrogens is 304 g/mol. The van der Waals surface area contributed by atoms with E-state index in [2.05, 4.69) is 60.1 Å². The number of hydrogen-bond acceptors (Lipinski definition) is 5. The third-order valence-electron chi connectivity index (χ3n) is 4.13. The van der Waals surface area contributed by atoms with Gasteiger partial charge in [-0.1, -0.05) is 26.8 Å². The molecule has 0 bridgehead atoms. The zero-order valence-electron chi connectivity index (χ0n) is 14.2. The Morgan fingerprint density at radius 3 is 2.65 bits per heavy atom. The molecule has 0 aliphatic rings. The monoisotopic (exact) mass is 326 g/mol. The summed E-state index contributed by atoms with van der Waals surface area (Å²) in [6.07, 6.45) is 0. The standard InChI is InChI=1S/C18H22N4S/c1-11(18(3,4)5)20-17-9-15(21-12(2)22-17)13-6-7-14-16(8-13)23-10-19-14/h6-11H,1-5H3,(H,20,21,22). The van der Waals surface area contributed by atoms with Gasteiger partial charge in [0.15, 0.2) is 0 Å². The van der Waals surface area contributed by atoms with E-state index in [-0.39, 0.29) is 5.41 Å². The molecule has 4 nitrogen and oxygen atoms in total. The fraction of sp³-hybridized carbons (Fsp3) is 0.389. The third kappa shape index (κ3) is 3.50. The number of nitrogens with one attached hydrogen (secondary N) is 1. The Kier molecular flexibility index (Phi) is 4.06. The fourth-order valence-corrected chi connectivity index (χ4v) is 2.96. The van der Waals surface area contributed by atoms with E-state index in [1.807, 2.05) is 24.6 Å². The van der Waals surface area contributed by atoms with Gasteiger partial charge in [-0.15, -0.1) is 11.3 Å². The molecular formula is C18H22N4S. The van der Waals surface area contributed by atoms with Gasteiger partial charge in [0, 0.05) is 17.7 Å². The maximum absolute atomic E-state index is 4.60. The zero-order valence-corrected chi connectivity index (χ0v) is 15.0. The second-order valence-electron chi connectivity index (χ2n) is 6.95. The molecule has 1 N–H and O–H groups in total. The summed E-state index contributed by atoms with van der Waals surface area (Å²) >= 11 is 1.65. The van der Waals surface area contributed by atoms with Crippen molar-refractivity contribution in [2.75, 3.05) is 5.32 Å². The molecule has 1 unspecified atom stereocenters. The van der Waals surface area contributed by atoms with Gasteiger partial charge in [-0.25, -0.2) is 15.0 Å². The maximum atomic E-state index is 4.60. The molecule has 120 valence electrons. The molecule has 0 aliphatic heterocycles. The molecule has 1 aromatic carbocycles. The predicted octanol–water partition coefficient (Wildman–Crippen LogP) is 4.91. The number of rotatable bonds is 3. The van der Waals surface area contributed by atoms with Crippen molar-refractivity contribution in [2.24, 2.45) is 5.41 Å². The van der Waals surface area contributed by atoms with Gasteiger partial charge >= 0.3 is 0 Å². The minimum absolute atomic E-state index is 0.167. The molecule has 2 aromatic heterocycles. The van der Waals surface area contributed by atoms with Gasteiger partial charge in [0.05, 0.1) is 21.4 Å². The molecule has 2 heterocycles. The lowest BCUT2D eigenvalue weighted by Crippen LogP contribution is -2.31. The normalized spacial score (nSPS) is 13.3. The SMILES string of the molecule is Cc1nc(NC(C)C(C)(C)C)cc(-c2ccc3ncsc3c2)n1. The minimum atomic E-state index is 0.167. The van der Waals surface area contributed by atoms with Crippen molar-refractivity contribution >= 4 is 27.4 Å². The largest absolute Gasteiger partial charge is 0.367 e. The molecule has 0 fully saturated rings. The van der Waals surface area contributed by atoms with Crippen LogP contribution in [0.15, 0.2) is 29.8 Å². The Bertz CT molecular complexity index is 832. The first-order chi connectivity index (χ1) is 10.8. The molecule has 0 spiro atoms. The summed E-state index contributed by atoms with van der Waals surface area (Å²) in [4.78, 5) is 13.5. The van der Waals surface area contributed by atoms with Crippen molar-refractivity contribution in [2.45, 2.75) is 40.7 Å². The highest BCUT2D eigenvalue weighted by Crippen LogP contribution is 2.27. The third-order valence-corrected chi connectivity index (χ3v) is 4.92. The quantitative estimate of drug-likeness (QED) is 0.743. The van der Waals surface area contributed by atoms with Gasteiger partial charge in [0.25, 0.3) is 0 Å². The van der Waals surface area contributed by atoms with Gasteiger partial charge in [-0.2, -0.15) is 0 Å². The molecule has 3 aromatic rings. The fourth-order valence-electron chi connectivity index (χ4n) is 2.24. The Balaban J connectivity index is 1.96. The van der Waals surface area contributed by atoms with Crippen molar-refractivity contribution in [3.63, 3.8) is 0 Å². The molecule has 3 rings (SSSR count). The first-order valence-electron chi connectivity index (χ1n) is 7.79. The van der Waals surface area contributed by atoms with Crippen molar-refractivity contribution in [1.82, 2.24) is 15.0 Å². The van der Waals surface area contributed by atoms with Gasteiger partial charge in [-0.05, 0) is 31.4 Å². The zero-order chi connectivity index (χ0) is 16.6. The van der Waals surface area contributed by atoms with Crippen LogP contribution in [0.25, 0.3) is 21.5 Å². The van der Waals surface area contributed by atoms with Gasteiger partial charge < -0.3 is 5.32 Å². The Morgan fingerprint density at radius 1 is 1.13 bits per heavy atom. The Morgan fingerprint density at radius 2 is 1.91 bits per heavy atom.